The van der Waals surface area contributed by atoms with Crippen LogP contribution in [0.4, 0.5) is 0 Å². The zero-order valence-corrected chi connectivity index (χ0v) is 6.48. The second-order valence-electron chi connectivity index (χ2n) is 3.14. The molecule has 1 saturated heterocycles. The Labute approximate surface area is 57.8 Å². The van der Waals surface area contributed by atoms with Crippen molar-refractivity contribution < 1.29 is 0 Å². The molecule has 2 atom stereocenters. The minimum atomic E-state index is 0.798. The molecule has 1 N–H and O–H groups in total. The van der Waals surface area contributed by atoms with Gasteiger partial charge in [-0.25, -0.2) is 0 Å². The first-order valence-electron chi connectivity index (χ1n) is 4.09. The number of nitrogens with one attached hydrogen (secondary N) is 1. The third-order valence-electron chi connectivity index (χ3n) is 2.06. The Bertz CT molecular complexity index is 74.6. The SMILES string of the molecule is CCCCC1CC(C)N1. The van der Waals surface area contributed by atoms with Crippen LogP contribution < -0.4 is 5.32 Å². The van der Waals surface area contributed by atoms with Gasteiger partial charge in [0.1, 0.15) is 0 Å². The zero-order chi connectivity index (χ0) is 6.69. The first kappa shape index (κ1) is 7.07. The van der Waals surface area contributed by atoms with Crippen molar-refractivity contribution in [2.75, 3.05) is 0 Å². The van der Waals surface area contributed by atoms with E-state index in [4.69, 9.17) is 0 Å². The first-order valence-corrected chi connectivity index (χ1v) is 4.09. The van der Waals surface area contributed by atoms with Crippen LogP contribution in [0.2, 0.25) is 0 Å². The summed E-state index contributed by atoms with van der Waals surface area (Å²) in [7, 11) is 0. The monoisotopic (exact) mass is 127 g/mol. The van der Waals surface area contributed by atoms with Gasteiger partial charge in [0.2, 0.25) is 0 Å². The summed E-state index contributed by atoms with van der Waals surface area (Å²) >= 11 is 0. The van der Waals surface area contributed by atoms with Crippen LogP contribution in [0, 0.1) is 0 Å². The highest BCUT2D eigenvalue weighted by Crippen LogP contribution is 2.15. The molecule has 1 fully saturated rings. The van der Waals surface area contributed by atoms with Crippen LogP contribution in [0.1, 0.15) is 39.5 Å². The Hall–Kier alpha value is -0.0400. The van der Waals surface area contributed by atoms with Crippen molar-refractivity contribution in [2.24, 2.45) is 0 Å². The lowest BCUT2D eigenvalue weighted by molar-refractivity contribution is 0.263. The second-order valence-corrected chi connectivity index (χ2v) is 3.14. The van der Waals surface area contributed by atoms with Gasteiger partial charge in [-0.3, -0.25) is 0 Å². The predicted octanol–water partition coefficient (Wildman–Crippen LogP) is 1.93. The maximum Gasteiger partial charge on any atom is 0.00842 e. The standard InChI is InChI=1S/C8H17N/c1-3-4-5-8-6-7(2)9-8/h7-9H,3-6H2,1-2H3. The minimum absolute atomic E-state index is 0.798. The first-order chi connectivity index (χ1) is 4.33. The molecule has 0 aromatic carbocycles. The Morgan fingerprint density at radius 3 is 2.67 bits per heavy atom. The molecule has 1 aliphatic rings. The van der Waals surface area contributed by atoms with Crippen molar-refractivity contribution in [2.45, 2.75) is 51.6 Å². The largest absolute Gasteiger partial charge is 0.311 e. The van der Waals surface area contributed by atoms with Gasteiger partial charge in [0.15, 0.2) is 0 Å². The summed E-state index contributed by atoms with van der Waals surface area (Å²) in [6.45, 7) is 4.50. The van der Waals surface area contributed by atoms with Crippen LogP contribution in [0.15, 0.2) is 0 Å². The van der Waals surface area contributed by atoms with Crippen LogP contribution >= 0.6 is 0 Å². The Kier molecular flexibility index (Phi) is 2.52. The van der Waals surface area contributed by atoms with Crippen molar-refractivity contribution in [1.29, 1.82) is 0 Å². The number of hydrogen-bond donors (Lipinski definition) is 1. The maximum atomic E-state index is 3.48. The molecule has 9 heavy (non-hydrogen) atoms. The van der Waals surface area contributed by atoms with Crippen molar-refractivity contribution >= 4 is 0 Å². The molecule has 0 bridgehead atoms. The van der Waals surface area contributed by atoms with Gasteiger partial charge in [-0.1, -0.05) is 19.8 Å². The fraction of sp³-hybridized carbons (Fsp3) is 1.00. The quantitative estimate of drug-likeness (QED) is 0.611. The van der Waals surface area contributed by atoms with Gasteiger partial charge < -0.3 is 5.32 Å². The maximum absolute atomic E-state index is 3.48. The molecule has 0 aromatic rings. The molecule has 1 heteroatoms. The van der Waals surface area contributed by atoms with E-state index in [1.54, 1.807) is 0 Å². The topological polar surface area (TPSA) is 12.0 Å². The molecule has 1 aliphatic heterocycles. The molecule has 2 unspecified atom stereocenters. The smallest absolute Gasteiger partial charge is 0.00842 e. The Morgan fingerprint density at radius 2 is 2.22 bits per heavy atom. The van der Waals surface area contributed by atoms with E-state index in [1.807, 2.05) is 0 Å². The molecule has 0 aliphatic carbocycles. The fourth-order valence-corrected chi connectivity index (χ4v) is 1.46. The normalized spacial score (nSPS) is 34.0. The highest BCUT2D eigenvalue weighted by Gasteiger charge is 2.22. The number of hydrogen-bond acceptors (Lipinski definition) is 1. The molecule has 54 valence electrons. The highest BCUT2D eigenvalue weighted by atomic mass is 15.0. The molecule has 0 saturated carbocycles. The van der Waals surface area contributed by atoms with Crippen LogP contribution in [0.5, 0.6) is 0 Å². The third-order valence-corrected chi connectivity index (χ3v) is 2.06. The lowest BCUT2D eigenvalue weighted by atomic mass is 9.94. The van der Waals surface area contributed by atoms with Crippen molar-refractivity contribution in [1.82, 2.24) is 5.32 Å². The molecular formula is C8H17N. The van der Waals surface area contributed by atoms with Gasteiger partial charge in [0.25, 0.3) is 0 Å². The van der Waals surface area contributed by atoms with E-state index in [0.717, 1.165) is 12.1 Å². The van der Waals surface area contributed by atoms with Crippen LogP contribution in [-0.4, -0.2) is 12.1 Å². The second kappa shape index (κ2) is 3.21. The van der Waals surface area contributed by atoms with Gasteiger partial charge in [0.05, 0.1) is 0 Å². The lowest BCUT2D eigenvalue weighted by Gasteiger charge is -2.34. The van der Waals surface area contributed by atoms with Gasteiger partial charge in [-0.15, -0.1) is 0 Å². The predicted molar refractivity (Wildman–Crippen MR) is 40.5 cm³/mol. The van der Waals surface area contributed by atoms with E-state index in [2.05, 4.69) is 19.2 Å². The van der Waals surface area contributed by atoms with Crippen molar-refractivity contribution in [3.63, 3.8) is 0 Å². The van der Waals surface area contributed by atoms with E-state index in [9.17, 15) is 0 Å². The van der Waals surface area contributed by atoms with Gasteiger partial charge in [-0.05, 0) is 19.8 Å². The molecule has 1 rings (SSSR count). The van der Waals surface area contributed by atoms with Crippen molar-refractivity contribution in [3.8, 4) is 0 Å². The molecule has 1 heterocycles. The summed E-state index contributed by atoms with van der Waals surface area (Å²) in [6.07, 6.45) is 5.53. The summed E-state index contributed by atoms with van der Waals surface area (Å²) in [5.74, 6) is 0. The summed E-state index contributed by atoms with van der Waals surface area (Å²) < 4.78 is 0. The lowest BCUT2D eigenvalue weighted by Crippen LogP contribution is -2.50. The molecule has 1 nitrogen and oxygen atoms in total. The van der Waals surface area contributed by atoms with Gasteiger partial charge in [-0.2, -0.15) is 0 Å². The van der Waals surface area contributed by atoms with E-state index < -0.39 is 0 Å². The summed E-state index contributed by atoms with van der Waals surface area (Å²) in [4.78, 5) is 0. The average Bonchev–Trinajstić information content (AvgIpc) is 1.78. The van der Waals surface area contributed by atoms with Crippen LogP contribution in [0.25, 0.3) is 0 Å². The van der Waals surface area contributed by atoms with Crippen molar-refractivity contribution in [3.05, 3.63) is 0 Å². The highest BCUT2D eigenvalue weighted by molar-refractivity contribution is 4.84. The van der Waals surface area contributed by atoms with Gasteiger partial charge >= 0.3 is 0 Å². The van der Waals surface area contributed by atoms with E-state index in [-0.39, 0.29) is 0 Å². The molecule has 0 amide bonds. The molecule has 0 radical (unpaired) electrons. The third kappa shape index (κ3) is 1.98. The molecule has 0 spiro atoms. The number of unbranched alkanes of at least 4 members (excludes halogenated alkanes) is 1. The molecular weight excluding hydrogens is 110 g/mol. The summed E-state index contributed by atoms with van der Waals surface area (Å²) in [5.41, 5.74) is 0. The summed E-state index contributed by atoms with van der Waals surface area (Å²) in [6, 6.07) is 1.66. The number of rotatable bonds is 3. The van der Waals surface area contributed by atoms with Crippen LogP contribution in [0.3, 0.4) is 0 Å². The van der Waals surface area contributed by atoms with E-state index in [1.165, 1.54) is 25.7 Å². The van der Waals surface area contributed by atoms with Gasteiger partial charge in [0, 0.05) is 12.1 Å². The Morgan fingerprint density at radius 1 is 1.56 bits per heavy atom. The average molecular weight is 127 g/mol. The Balaban J connectivity index is 1.91. The van der Waals surface area contributed by atoms with E-state index in [0.29, 0.717) is 0 Å². The zero-order valence-electron chi connectivity index (χ0n) is 6.48. The molecule has 0 aromatic heterocycles. The minimum Gasteiger partial charge on any atom is -0.311 e. The fourth-order valence-electron chi connectivity index (χ4n) is 1.46. The van der Waals surface area contributed by atoms with Crippen LogP contribution in [-0.2, 0) is 0 Å². The van der Waals surface area contributed by atoms with E-state index >= 15 is 0 Å². The summed E-state index contributed by atoms with van der Waals surface area (Å²) in [5, 5.41) is 3.48.